The van der Waals surface area contributed by atoms with Crippen molar-refractivity contribution in [1.29, 1.82) is 0 Å². The molecule has 0 bridgehead atoms. The maximum Gasteiger partial charge on any atom is 0.131 e. The second-order valence-electron chi connectivity index (χ2n) is 5.04. The van der Waals surface area contributed by atoms with E-state index >= 15 is 0 Å². The van der Waals surface area contributed by atoms with Gasteiger partial charge in [0.2, 0.25) is 0 Å². The van der Waals surface area contributed by atoms with Crippen LogP contribution in [0.4, 0.5) is 4.39 Å². The average Bonchev–Trinajstić information content (AvgIpc) is 3.25. The molecule has 0 saturated carbocycles. The molecule has 0 radical (unpaired) electrons. The number of thiazole rings is 1. The fourth-order valence-electron chi connectivity index (χ4n) is 2.31. The molecular formula is C17H17FN2OS2. The van der Waals surface area contributed by atoms with E-state index in [2.05, 4.69) is 21.7 Å². The fraction of sp³-hybridized carbons (Fsp3) is 0.235. The van der Waals surface area contributed by atoms with Gasteiger partial charge in [0, 0.05) is 41.0 Å². The molecule has 0 unspecified atom stereocenters. The van der Waals surface area contributed by atoms with Gasteiger partial charge in [0.05, 0.1) is 13.2 Å². The van der Waals surface area contributed by atoms with E-state index in [1.807, 2.05) is 11.4 Å². The molecule has 1 N–H and O–H groups in total. The number of methoxy groups -OCH3 is 1. The molecule has 0 spiro atoms. The zero-order valence-corrected chi connectivity index (χ0v) is 14.3. The largest absolute Gasteiger partial charge is 0.497 e. The van der Waals surface area contributed by atoms with E-state index in [1.54, 1.807) is 41.0 Å². The van der Waals surface area contributed by atoms with E-state index in [0.717, 1.165) is 11.4 Å². The van der Waals surface area contributed by atoms with Gasteiger partial charge in [-0.2, -0.15) is 0 Å². The second kappa shape index (κ2) is 7.68. The second-order valence-corrected chi connectivity index (χ2v) is 7.00. The number of thiophene rings is 1. The maximum atomic E-state index is 14.1. The van der Waals surface area contributed by atoms with Gasteiger partial charge in [-0.15, -0.1) is 22.7 Å². The van der Waals surface area contributed by atoms with Gasteiger partial charge in [0.25, 0.3) is 0 Å². The van der Waals surface area contributed by atoms with Crippen molar-refractivity contribution in [3.05, 3.63) is 68.6 Å². The van der Waals surface area contributed by atoms with Crippen LogP contribution in [0.3, 0.4) is 0 Å². The Kier molecular flexibility index (Phi) is 5.38. The van der Waals surface area contributed by atoms with Crippen LogP contribution in [0.5, 0.6) is 5.75 Å². The minimum Gasteiger partial charge on any atom is -0.497 e. The lowest BCUT2D eigenvalue weighted by Gasteiger charge is -2.16. The Balaban J connectivity index is 1.71. The minimum atomic E-state index is -0.258. The summed E-state index contributed by atoms with van der Waals surface area (Å²) in [5, 5.41) is 8.48. The monoisotopic (exact) mass is 348 g/mol. The van der Waals surface area contributed by atoms with Crippen molar-refractivity contribution in [3.8, 4) is 5.75 Å². The van der Waals surface area contributed by atoms with Gasteiger partial charge in [-0.05, 0) is 17.5 Å². The summed E-state index contributed by atoms with van der Waals surface area (Å²) in [6.45, 7) is 0.450. The highest BCUT2D eigenvalue weighted by Crippen LogP contribution is 2.24. The van der Waals surface area contributed by atoms with Crippen LogP contribution in [0.2, 0.25) is 0 Å². The summed E-state index contributed by atoms with van der Waals surface area (Å²) in [7, 11) is 1.53. The van der Waals surface area contributed by atoms with Crippen LogP contribution in [0.15, 0.2) is 47.3 Å². The number of nitrogens with one attached hydrogen (secondary N) is 1. The number of aromatic nitrogens is 1. The Morgan fingerprint density at radius 2 is 2.17 bits per heavy atom. The standard InChI is InChI=1S/C17H17FN2OS2/c1-21-13-5-4-12(15(18)9-13)11-20-16(17-19-6-8-23-17)10-14-3-2-7-22-14/h2-9,16,20H,10-11H2,1H3/t16-/m0/s1. The minimum absolute atomic E-state index is 0.0788. The Hall–Kier alpha value is -1.76. The molecular weight excluding hydrogens is 331 g/mol. The molecule has 0 amide bonds. The molecule has 6 heteroatoms. The van der Waals surface area contributed by atoms with Crippen molar-refractivity contribution < 1.29 is 9.13 Å². The number of hydrogen-bond donors (Lipinski definition) is 1. The van der Waals surface area contributed by atoms with E-state index < -0.39 is 0 Å². The summed E-state index contributed by atoms with van der Waals surface area (Å²) >= 11 is 3.34. The summed E-state index contributed by atoms with van der Waals surface area (Å²) in [6.07, 6.45) is 2.65. The van der Waals surface area contributed by atoms with Gasteiger partial charge < -0.3 is 10.1 Å². The molecule has 23 heavy (non-hydrogen) atoms. The first-order valence-corrected chi connectivity index (χ1v) is 9.00. The first-order chi connectivity index (χ1) is 11.3. The number of halogens is 1. The van der Waals surface area contributed by atoms with Crippen LogP contribution < -0.4 is 10.1 Å². The number of nitrogens with zero attached hydrogens (tertiary/aromatic N) is 1. The molecule has 0 aliphatic rings. The Labute approximate surface area is 142 Å². The fourth-order valence-corrected chi connectivity index (χ4v) is 3.78. The third kappa shape index (κ3) is 4.16. The van der Waals surface area contributed by atoms with Crippen LogP contribution in [0.1, 0.15) is 21.5 Å². The van der Waals surface area contributed by atoms with E-state index in [4.69, 9.17) is 4.74 Å². The predicted molar refractivity (Wildman–Crippen MR) is 92.7 cm³/mol. The van der Waals surface area contributed by atoms with Gasteiger partial charge >= 0.3 is 0 Å². The summed E-state index contributed by atoms with van der Waals surface area (Å²) in [4.78, 5) is 5.69. The first-order valence-electron chi connectivity index (χ1n) is 7.24. The van der Waals surface area contributed by atoms with Crippen molar-refractivity contribution in [1.82, 2.24) is 10.3 Å². The van der Waals surface area contributed by atoms with Crippen LogP contribution in [-0.2, 0) is 13.0 Å². The normalized spacial score (nSPS) is 12.3. The van der Waals surface area contributed by atoms with Gasteiger partial charge in [-0.1, -0.05) is 12.1 Å². The summed E-state index contributed by atoms with van der Waals surface area (Å²) in [5.41, 5.74) is 0.624. The van der Waals surface area contributed by atoms with Crippen LogP contribution in [-0.4, -0.2) is 12.1 Å². The zero-order valence-electron chi connectivity index (χ0n) is 12.7. The summed E-state index contributed by atoms with van der Waals surface area (Å²) in [6, 6.07) is 9.18. The molecule has 0 saturated heterocycles. The maximum absolute atomic E-state index is 14.1. The third-order valence-electron chi connectivity index (χ3n) is 3.53. The smallest absolute Gasteiger partial charge is 0.131 e. The molecule has 3 nitrogen and oxygen atoms in total. The van der Waals surface area contributed by atoms with E-state index in [1.165, 1.54) is 18.1 Å². The lowest BCUT2D eigenvalue weighted by Crippen LogP contribution is -2.23. The topological polar surface area (TPSA) is 34.1 Å². The van der Waals surface area contributed by atoms with Gasteiger partial charge in [0.1, 0.15) is 16.6 Å². The Morgan fingerprint density at radius 3 is 2.83 bits per heavy atom. The predicted octanol–water partition coefficient (Wildman–Crippen LogP) is 4.43. The lowest BCUT2D eigenvalue weighted by atomic mass is 10.1. The first kappa shape index (κ1) is 16.1. The molecule has 2 heterocycles. The van der Waals surface area contributed by atoms with Crippen molar-refractivity contribution in [2.24, 2.45) is 0 Å². The number of hydrogen-bond acceptors (Lipinski definition) is 5. The van der Waals surface area contributed by atoms with Gasteiger partial charge in [0.15, 0.2) is 0 Å². The van der Waals surface area contributed by atoms with Crippen LogP contribution in [0.25, 0.3) is 0 Å². The molecule has 0 fully saturated rings. The molecule has 3 aromatic rings. The van der Waals surface area contributed by atoms with Crippen molar-refractivity contribution >= 4 is 22.7 Å². The molecule has 1 aromatic carbocycles. The Morgan fingerprint density at radius 1 is 1.26 bits per heavy atom. The molecule has 2 aromatic heterocycles. The quantitative estimate of drug-likeness (QED) is 0.686. The number of benzene rings is 1. The van der Waals surface area contributed by atoms with E-state index in [-0.39, 0.29) is 11.9 Å². The van der Waals surface area contributed by atoms with Crippen molar-refractivity contribution in [2.45, 2.75) is 19.0 Å². The lowest BCUT2D eigenvalue weighted by molar-refractivity contribution is 0.410. The van der Waals surface area contributed by atoms with E-state index in [9.17, 15) is 4.39 Å². The molecule has 1 atom stereocenters. The highest BCUT2D eigenvalue weighted by atomic mass is 32.1. The highest BCUT2D eigenvalue weighted by molar-refractivity contribution is 7.10. The van der Waals surface area contributed by atoms with Crippen molar-refractivity contribution in [2.75, 3.05) is 7.11 Å². The van der Waals surface area contributed by atoms with E-state index in [0.29, 0.717) is 17.9 Å². The zero-order chi connectivity index (χ0) is 16.1. The average molecular weight is 348 g/mol. The van der Waals surface area contributed by atoms with Crippen LogP contribution >= 0.6 is 22.7 Å². The molecule has 0 aliphatic carbocycles. The third-order valence-corrected chi connectivity index (χ3v) is 5.32. The summed E-state index contributed by atoms with van der Waals surface area (Å²) < 4.78 is 19.1. The number of rotatable bonds is 7. The van der Waals surface area contributed by atoms with Gasteiger partial charge in [-0.25, -0.2) is 9.37 Å². The van der Waals surface area contributed by atoms with Gasteiger partial charge in [-0.3, -0.25) is 0 Å². The molecule has 3 rings (SSSR count). The van der Waals surface area contributed by atoms with Crippen LogP contribution in [0, 0.1) is 5.82 Å². The number of ether oxygens (including phenoxy) is 1. The highest BCUT2D eigenvalue weighted by Gasteiger charge is 2.16. The SMILES string of the molecule is COc1ccc(CN[C@@H](Cc2cccs2)c2nccs2)c(F)c1. The van der Waals surface area contributed by atoms with Crippen molar-refractivity contribution in [3.63, 3.8) is 0 Å². The molecule has 120 valence electrons. The summed E-state index contributed by atoms with van der Waals surface area (Å²) in [5.74, 6) is 0.271. The Bertz CT molecular complexity index is 729. The molecule has 0 aliphatic heterocycles.